The van der Waals surface area contributed by atoms with Crippen LogP contribution in [0.1, 0.15) is 12.8 Å². The maximum atomic E-state index is 12.5. The van der Waals surface area contributed by atoms with Crippen LogP contribution in [0.15, 0.2) is 53.3 Å². The van der Waals surface area contributed by atoms with Gasteiger partial charge in [0.15, 0.2) is 0 Å². The molecule has 7 heteroatoms. The van der Waals surface area contributed by atoms with Crippen molar-refractivity contribution in [1.29, 1.82) is 0 Å². The van der Waals surface area contributed by atoms with Gasteiger partial charge in [-0.15, -0.1) is 5.10 Å². The molecule has 1 amide bonds. The molecule has 2 heterocycles. The average molecular weight is 349 g/mol. The fourth-order valence-corrected chi connectivity index (χ4v) is 3.27. The first-order chi connectivity index (χ1) is 12.7. The topological polar surface area (TPSA) is 80.1 Å². The number of amides is 1. The van der Waals surface area contributed by atoms with Crippen molar-refractivity contribution in [3.63, 3.8) is 0 Å². The van der Waals surface area contributed by atoms with Gasteiger partial charge in [-0.05, 0) is 37.1 Å². The highest BCUT2D eigenvalue weighted by Gasteiger charge is 2.17. The summed E-state index contributed by atoms with van der Waals surface area (Å²) in [5, 5.41) is 11.2. The van der Waals surface area contributed by atoms with Crippen LogP contribution >= 0.6 is 0 Å². The number of nitrogens with zero attached hydrogens (tertiary/aromatic N) is 4. The second-order valence-corrected chi connectivity index (χ2v) is 6.33. The molecule has 0 bridgehead atoms. The lowest BCUT2D eigenvalue weighted by Gasteiger charge is -2.21. The number of para-hydroxylation sites is 2. The number of hydrogen-bond acceptors (Lipinski definition) is 5. The molecule has 3 aromatic rings. The first-order valence-electron chi connectivity index (χ1n) is 8.69. The third-order valence-corrected chi connectivity index (χ3v) is 4.55. The Labute approximate surface area is 150 Å². The normalized spacial score (nSPS) is 13.9. The van der Waals surface area contributed by atoms with Crippen molar-refractivity contribution >= 4 is 28.2 Å². The molecule has 0 atom stereocenters. The molecular weight excluding hydrogens is 330 g/mol. The van der Waals surface area contributed by atoms with E-state index >= 15 is 0 Å². The van der Waals surface area contributed by atoms with E-state index in [4.69, 9.17) is 0 Å². The molecule has 1 N–H and O–H groups in total. The quantitative estimate of drug-likeness (QED) is 0.780. The van der Waals surface area contributed by atoms with Crippen molar-refractivity contribution < 1.29 is 4.79 Å². The SMILES string of the molecule is O=C(Cn1nnc2ccccc2c1=O)Nc1ccccc1N1CCCC1. The Morgan fingerprint density at radius 1 is 1.04 bits per heavy atom. The Morgan fingerprint density at radius 2 is 1.77 bits per heavy atom. The fraction of sp³-hybridized carbons (Fsp3) is 0.263. The summed E-state index contributed by atoms with van der Waals surface area (Å²) in [7, 11) is 0. The van der Waals surface area contributed by atoms with E-state index in [0.717, 1.165) is 42.0 Å². The van der Waals surface area contributed by atoms with Gasteiger partial charge in [0.1, 0.15) is 12.1 Å². The van der Waals surface area contributed by atoms with E-state index in [1.54, 1.807) is 24.3 Å². The standard InChI is InChI=1S/C19H19N5O2/c25-18(13-24-19(26)14-7-1-2-8-15(14)21-22-24)20-16-9-3-4-10-17(16)23-11-5-6-12-23/h1-4,7-10H,5-6,11-13H2,(H,20,25). The van der Waals surface area contributed by atoms with Crippen LogP contribution in [0.3, 0.4) is 0 Å². The highest BCUT2D eigenvalue weighted by atomic mass is 16.2. The van der Waals surface area contributed by atoms with Crippen LogP contribution in [0.2, 0.25) is 0 Å². The monoisotopic (exact) mass is 349 g/mol. The van der Waals surface area contributed by atoms with E-state index in [0.29, 0.717) is 10.9 Å². The Morgan fingerprint density at radius 3 is 2.62 bits per heavy atom. The largest absolute Gasteiger partial charge is 0.370 e. The van der Waals surface area contributed by atoms with Crippen molar-refractivity contribution in [2.75, 3.05) is 23.3 Å². The van der Waals surface area contributed by atoms with Gasteiger partial charge in [0, 0.05) is 13.1 Å². The number of rotatable bonds is 4. The van der Waals surface area contributed by atoms with E-state index in [9.17, 15) is 9.59 Å². The van der Waals surface area contributed by atoms with Gasteiger partial charge in [-0.1, -0.05) is 29.5 Å². The minimum absolute atomic E-state index is 0.176. The van der Waals surface area contributed by atoms with Gasteiger partial charge >= 0.3 is 0 Å². The molecule has 1 aliphatic heterocycles. The van der Waals surface area contributed by atoms with Gasteiger partial charge in [-0.25, -0.2) is 4.68 Å². The van der Waals surface area contributed by atoms with Crippen molar-refractivity contribution in [2.24, 2.45) is 0 Å². The first-order valence-corrected chi connectivity index (χ1v) is 8.69. The molecule has 0 spiro atoms. The highest BCUT2D eigenvalue weighted by Crippen LogP contribution is 2.28. The van der Waals surface area contributed by atoms with Crippen LogP contribution < -0.4 is 15.8 Å². The Kier molecular flexibility index (Phi) is 4.35. The van der Waals surface area contributed by atoms with Crippen molar-refractivity contribution in [1.82, 2.24) is 15.0 Å². The summed E-state index contributed by atoms with van der Waals surface area (Å²) in [6.07, 6.45) is 2.31. The molecule has 1 aromatic heterocycles. The average Bonchev–Trinajstić information content (AvgIpc) is 3.19. The van der Waals surface area contributed by atoms with Gasteiger partial charge in [0.25, 0.3) is 5.56 Å². The van der Waals surface area contributed by atoms with Crippen molar-refractivity contribution in [2.45, 2.75) is 19.4 Å². The molecule has 0 aliphatic carbocycles. The Bertz CT molecular complexity index is 1010. The van der Waals surface area contributed by atoms with Gasteiger partial charge in [0.2, 0.25) is 5.91 Å². The number of aromatic nitrogens is 3. The summed E-state index contributed by atoms with van der Waals surface area (Å²) in [4.78, 5) is 27.2. The predicted molar refractivity (Wildman–Crippen MR) is 100 cm³/mol. The summed E-state index contributed by atoms with van der Waals surface area (Å²) in [5.74, 6) is -0.302. The molecule has 0 saturated carbocycles. The number of anilines is 2. The molecule has 0 radical (unpaired) electrons. The second kappa shape index (κ2) is 6.95. The van der Waals surface area contributed by atoms with E-state index < -0.39 is 0 Å². The molecule has 1 aliphatic rings. The lowest BCUT2D eigenvalue weighted by molar-refractivity contribution is -0.117. The zero-order valence-electron chi connectivity index (χ0n) is 14.3. The fourth-order valence-electron chi connectivity index (χ4n) is 3.27. The third kappa shape index (κ3) is 3.15. The summed E-state index contributed by atoms with van der Waals surface area (Å²) in [6, 6.07) is 14.7. The highest BCUT2D eigenvalue weighted by molar-refractivity contribution is 5.94. The van der Waals surface area contributed by atoms with Crippen molar-refractivity contribution in [3.05, 3.63) is 58.9 Å². The summed E-state index contributed by atoms with van der Waals surface area (Å²) in [5.41, 5.74) is 1.96. The summed E-state index contributed by atoms with van der Waals surface area (Å²) in [6.45, 7) is 1.80. The summed E-state index contributed by atoms with van der Waals surface area (Å²) < 4.78 is 1.09. The number of benzene rings is 2. The zero-order valence-corrected chi connectivity index (χ0v) is 14.3. The van der Waals surface area contributed by atoms with Gasteiger partial charge in [0.05, 0.1) is 16.8 Å². The molecule has 2 aromatic carbocycles. The van der Waals surface area contributed by atoms with Crippen molar-refractivity contribution in [3.8, 4) is 0 Å². The minimum atomic E-state index is -0.321. The number of nitrogens with one attached hydrogen (secondary N) is 1. The van der Waals surface area contributed by atoms with E-state index in [1.807, 2.05) is 24.3 Å². The predicted octanol–water partition coefficient (Wildman–Crippen LogP) is 2.03. The molecule has 26 heavy (non-hydrogen) atoms. The van der Waals surface area contributed by atoms with E-state index in [2.05, 4.69) is 20.5 Å². The lowest BCUT2D eigenvalue weighted by Crippen LogP contribution is -2.31. The second-order valence-electron chi connectivity index (χ2n) is 6.33. The number of hydrogen-bond donors (Lipinski definition) is 1. The lowest BCUT2D eigenvalue weighted by atomic mass is 10.2. The van der Waals surface area contributed by atoms with Crippen LogP contribution in [0, 0.1) is 0 Å². The van der Waals surface area contributed by atoms with Crippen LogP contribution in [0.25, 0.3) is 10.9 Å². The van der Waals surface area contributed by atoms with Crippen LogP contribution in [0.5, 0.6) is 0 Å². The minimum Gasteiger partial charge on any atom is -0.370 e. The molecule has 132 valence electrons. The maximum Gasteiger partial charge on any atom is 0.278 e. The number of fused-ring (bicyclic) bond motifs is 1. The smallest absolute Gasteiger partial charge is 0.278 e. The molecule has 7 nitrogen and oxygen atoms in total. The van der Waals surface area contributed by atoms with Gasteiger partial charge in [-0.3, -0.25) is 9.59 Å². The van der Waals surface area contributed by atoms with Gasteiger partial charge in [-0.2, -0.15) is 0 Å². The maximum absolute atomic E-state index is 12.5. The number of carbonyl (C=O) groups is 1. The molecular formula is C19H19N5O2. The van der Waals surface area contributed by atoms with Gasteiger partial charge < -0.3 is 10.2 Å². The number of carbonyl (C=O) groups excluding carboxylic acids is 1. The summed E-state index contributed by atoms with van der Waals surface area (Å²) >= 11 is 0. The Balaban J connectivity index is 1.55. The molecule has 4 rings (SSSR count). The zero-order chi connectivity index (χ0) is 17.9. The molecule has 1 saturated heterocycles. The third-order valence-electron chi connectivity index (χ3n) is 4.55. The van der Waals surface area contributed by atoms with Crippen LogP contribution in [-0.4, -0.2) is 34.0 Å². The first kappa shape index (κ1) is 16.3. The Hall–Kier alpha value is -3.22. The molecule has 1 fully saturated rings. The van der Waals surface area contributed by atoms with E-state index in [1.165, 1.54) is 0 Å². The van der Waals surface area contributed by atoms with E-state index in [-0.39, 0.29) is 18.0 Å². The van der Waals surface area contributed by atoms with Crippen LogP contribution in [0.4, 0.5) is 11.4 Å². The van der Waals surface area contributed by atoms with Crippen LogP contribution in [-0.2, 0) is 11.3 Å². The molecule has 0 unspecified atom stereocenters.